The summed E-state index contributed by atoms with van der Waals surface area (Å²) in [6, 6.07) is 1.59. The number of halogens is 1. The number of allylic oxidation sites excluding steroid dienone is 2. The molecule has 1 aliphatic heterocycles. The Kier molecular flexibility index (Phi) is 6.37. The number of aldehydes is 1. The van der Waals surface area contributed by atoms with Gasteiger partial charge in [0.05, 0.1) is 5.56 Å². The average molecular weight is 357 g/mol. The molecule has 0 spiro atoms. The van der Waals surface area contributed by atoms with Gasteiger partial charge >= 0.3 is 0 Å². The molecule has 26 heavy (non-hydrogen) atoms. The van der Waals surface area contributed by atoms with E-state index in [9.17, 15) is 9.18 Å². The molecule has 0 radical (unpaired) electrons. The van der Waals surface area contributed by atoms with Crippen molar-refractivity contribution in [3.8, 4) is 0 Å². The highest BCUT2D eigenvalue weighted by molar-refractivity contribution is 5.76. The predicted molar refractivity (Wildman–Crippen MR) is 105 cm³/mol. The molecule has 140 valence electrons. The number of nitrogens with zero attached hydrogens (tertiary/aromatic N) is 1. The maximum absolute atomic E-state index is 14.1. The first-order chi connectivity index (χ1) is 12.3. The second kappa shape index (κ2) is 8.32. The minimum Gasteiger partial charge on any atom is -0.394 e. The molecular weight excluding hydrogens is 329 g/mol. The van der Waals surface area contributed by atoms with E-state index in [4.69, 9.17) is 5.73 Å². The molecule has 3 N–H and O–H groups in total. The third kappa shape index (κ3) is 4.05. The van der Waals surface area contributed by atoms with Gasteiger partial charge in [-0.1, -0.05) is 6.08 Å². The van der Waals surface area contributed by atoms with E-state index in [1.54, 1.807) is 13.0 Å². The summed E-state index contributed by atoms with van der Waals surface area (Å²) in [6.45, 7) is 6.34. The minimum absolute atomic E-state index is 0.0803. The Bertz CT molecular complexity index is 791. The molecule has 4 nitrogen and oxygen atoms in total. The van der Waals surface area contributed by atoms with Gasteiger partial charge in [-0.3, -0.25) is 4.79 Å². The Morgan fingerprint density at radius 3 is 2.62 bits per heavy atom. The lowest BCUT2D eigenvalue weighted by Crippen LogP contribution is -2.31. The van der Waals surface area contributed by atoms with Crippen LogP contribution in [0.4, 0.5) is 4.39 Å². The van der Waals surface area contributed by atoms with Crippen molar-refractivity contribution in [2.45, 2.75) is 33.2 Å². The van der Waals surface area contributed by atoms with Gasteiger partial charge in [-0.15, -0.1) is 0 Å². The summed E-state index contributed by atoms with van der Waals surface area (Å²) in [5.74, 6) is -0.419. The molecule has 2 rings (SSSR count). The summed E-state index contributed by atoms with van der Waals surface area (Å²) in [5.41, 5.74) is 12.0. The summed E-state index contributed by atoms with van der Waals surface area (Å²) in [5, 5.41) is 3.05. The van der Waals surface area contributed by atoms with Crippen molar-refractivity contribution in [3.63, 3.8) is 0 Å². The Morgan fingerprint density at radius 1 is 1.38 bits per heavy atom. The maximum Gasteiger partial charge on any atom is 0.153 e. The second-order valence-electron chi connectivity index (χ2n) is 6.89. The molecule has 0 saturated heterocycles. The lowest BCUT2D eigenvalue weighted by molar-refractivity contribution is 0.111. The van der Waals surface area contributed by atoms with Gasteiger partial charge in [0.2, 0.25) is 0 Å². The van der Waals surface area contributed by atoms with Crippen LogP contribution in [-0.4, -0.2) is 37.9 Å². The van der Waals surface area contributed by atoms with E-state index < -0.39 is 5.82 Å². The molecule has 1 heterocycles. The Hall–Kier alpha value is -2.40. The first-order valence-corrected chi connectivity index (χ1v) is 8.78. The standard InChI is InChI=1S/C21H28FN3O/c1-13-14(2)21(22)18(12-26)9-17(13)8-16-6-7-20(25(5)11-16)19(10-24-4)15(3)23/h6-7,9-10,12,15,24H,8,11,23H2,1-5H3/b19-10+. The zero-order chi connectivity index (χ0) is 19.4. The van der Waals surface area contributed by atoms with Crippen molar-refractivity contribution in [2.75, 3.05) is 20.6 Å². The molecule has 1 unspecified atom stereocenters. The number of nitrogens with two attached hydrogens (primary N) is 1. The van der Waals surface area contributed by atoms with Gasteiger partial charge in [-0.05, 0) is 61.6 Å². The average Bonchev–Trinajstić information content (AvgIpc) is 2.60. The van der Waals surface area contributed by atoms with E-state index in [1.165, 1.54) is 5.57 Å². The van der Waals surface area contributed by atoms with Gasteiger partial charge in [0.25, 0.3) is 0 Å². The van der Waals surface area contributed by atoms with Gasteiger partial charge in [-0.2, -0.15) is 0 Å². The zero-order valence-electron chi connectivity index (χ0n) is 16.2. The van der Waals surface area contributed by atoms with Crippen molar-refractivity contribution in [1.29, 1.82) is 0 Å². The highest BCUT2D eigenvalue weighted by Crippen LogP contribution is 2.26. The summed E-state index contributed by atoms with van der Waals surface area (Å²) in [7, 11) is 3.89. The Balaban J connectivity index is 2.34. The SMILES string of the molecule is CN/C=C(/C1=CC=C(Cc2cc(C=O)c(F)c(C)c2C)CN1C)C(C)N. The van der Waals surface area contributed by atoms with Crippen molar-refractivity contribution < 1.29 is 9.18 Å². The predicted octanol–water partition coefficient (Wildman–Crippen LogP) is 3.00. The highest BCUT2D eigenvalue weighted by atomic mass is 19.1. The summed E-state index contributed by atoms with van der Waals surface area (Å²) in [6.07, 6.45) is 7.36. The molecule has 0 bridgehead atoms. The van der Waals surface area contributed by atoms with Gasteiger partial charge in [-0.25, -0.2) is 4.39 Å². The van der Waals surface area contributed by atoms with E-state index in [1.807, 2.05) is 34.1 Å². The van der Waals surface area contributed by atoms with Crippen LogP contribution < -0.4 is 11.1 Å². The van der Waals surface area contributed by atoms with Crippen LogP contribution in [0.5, 0.6) is 0 Å². The number of hydrogen-bond donors (Lipinski definition) is 2. The monoisotopic (exact) mass is 357 g/mol. The van der Waals surface area contributed by atoms with Crippen LogP contribution in [0.15, 0.2) is 41.3 Å². The fourth-order valence-corrected chi connectivity index (χ4v) is 3.29. The molecular formula is C21H28FN3O. The van der Waals surface area contributed by atoms with E-state index in [-0.39, 0.29) is 11.6 Å². The highest BCUT2D eigenvalue weighted by Gasteiger charge is 2.19. The number of hydrogen-bond acceptors (Lipinski definition) is 4. The van der Waals surface area contributed by atoms with E-state index in [0.29, 0.717) is 18.3 Å². The number of rotatable bonds is 6. The minimum atomic E-state index is -0.419. The van der Waals surface area contributed by atoms with Crippen molar-refractivity contribution >= 4 is 6.29 Å². The van der Waals surface area contributed by atoms with Gasteiger partial charge in [0.1, 0.15) is 5.82 Å². The third-order valence-electron chi connectivity index (χ3n) is 4.92. The zero-order valence-corrected chi connectivity index (χ0v) is 16.2. The van der Waals surface area contributed by atoms with Crippen LogP contribution in [0.1, 0.15) is 34.0 Å². The van der Waals surface area contributed by atoms with Gasteiger partial charge in [0.15, 0.2) is 6.29 Å². The topological polar surface area (TPSA) is 58.4 Å². The van der Waals surface area contributed by atoms with Gasteiger partial charge < -0.3 is 16.0 Å². The van der Waals surface area contributed by atoms with E-state index in [2.05, 4.69) is 22.4 Å². The van der Waals surface area contributed by atoms with Crippen LogP contribution in [0, 0.1) is 19.7 Å². The molecule has 1 atom stereocenters. The van der Waals surface area contributed by atoms with Crippen LogP contribution in [-0.2, 0) is 6.42 Å². The molecule has 1 aromatic carbocycles. The van der Waals surface area contributed by atoms with E-state index >= 15 is 0 Å². The smallest absolute Gasteiger partial charge is 0.153 e. The molecule has 1 aliphatic rings. The molecule has 0 aliphatic carbocycles. The first-order valence-electron chi connectivity index (χ1n) is 8.78. The fraction of sp³-hybridized carbons (Fsp3) is 0.381. The molecule has 0 aromatic heterocycles. The Morgan fingerprint density at radius 2 is 2.08 bits per heavy atom. The van der Waals surface area contributed by atoms with Crippen molar-refractivity contribution in [1.82, 2.24) is 10.2 Å². The number of likely N-dealkylation sites (N-methyl/N-ethyl adjacent to an activating group) is 1. The summed E-state index contributed by atoms with van der Waals surface area (Å²) in [4.78, 5) is 13.3. The molecule has 1 aromatic rings. The molecule has 5 heteroatoms. The van der Waals surface area contributed by atoms with Crippen LogP contribution in [0.25, 0.3) is 0 Å². The Labute approximate surface area is 155 Å². The summed E-state index contributed by atoms with van der Waals surface area (Å²) < 4.78 is 14.1. The number of benzene rings is 1. The maximum atomic E-state index is 14.1. The van der Waals surface area contributed by atoms with Crippen LogP contribution in [0.3, 0.4) is 0 Å². The first kappa shape index (κ1) is 19.9. The third-order valence-corrected chi connectivity index (χ3v) is 4.92. The summed E-state index contributed by atoms with van der Waals surface area (Å²) >= 11 is 0. The molecule has 0 saturated carbocycles. The van der Waals surface area contributed by atoms with Crippen molar-refractivity contribution in [2.24, 2.45) is 5.73 Å². The van der Waals surface area contributed by atoms with Crippen LogP contribution >= 0.6 is 0 Å². The quantitative estimate of drug-likeness (QED) is 0.769. The fourth-order valence-electron chi connectivity index (χ4n) is 3.29. The second-order valence-corrected chi connectivity index (χ2v) is 6.89. The molecule has 0 fully saturated rings. The normalized spacial score (nSPS) is 16.1. The lowest BCUT2D eigenvalue weighted by atomic mass is 9.92. The van der Waals surface area contributed by atoms with Crippen molar-refractivity contribution in [3.05, 3.63) is 69.3 Å². The number of carbonyl (C=O) groups excluding carboxylic acids is 1. The van der Waals surface area contributed by atoms with Gasteiger partial charge in [0, 0.05) is 44.2 Å². The molecule has 0 amide bonds. The largest absolute Gasteiger partial charge is 0.394 e. The lowest BCUT2D eigenvalue weighted by Gasteiger charge is -2.30. The number of carbonyl (C=O) groups is 1. The van der Waals surface area contributed by atoms with E-state index in [0.717, 1.165) is 28.9 Å². The van der Waals surface area contributed by atoms with Crippen LogP contribution in [0.2, 0.25) is 0 Å². The number of nitrogens with one attached hydrogen (secondary N) is 1.